The Morgan fingerprint density at radius 3 is 3.14 bits per heavy atom. The van der Waals surface area contributed by atoms with Gasteiger partial charge in [0.25, 0.3) is 5.91 Å². The minimum absolute atomic E-state index is 0.102. The number of rotatable bonds is 3. The Morgan fingerprint density at radius 2 is 2.38 bits per heavy atom. The number of nitrogens with one attached hydrogen (secondary N) is 1. The summed E-state index contributed by atoms with van der Waals surface area (Å²) in [5.41, 5.74) is 0.732. The van der Waals surface area contributed by atoms with Crippen LogP contribution in [0.4, 0.5) is 0 Å². The van der Waals surface area contributed by atoms with E-state index in [1.807, 2.05) is 17.0 Å². The van der Waals surface area contributed by atoms with E-state index in [-0.39, 0.29) is 12.0 Å². The minimum Gasteiger partial charge on any atom is -0.375 e. The molecule has 3 rings (SSSR count). The number of hydrogen-bond donors (Lipinski definition) is 1. The summed E-state index contributed by atoms with van der Waals surface area (Å²) in [5, 5.41) is 0. The van der Waals surface area contributed by atoms with Crippen LogP contribution in [-0.2, 0) is 4.74 Å². The molecule has 0 spiro atoms. The van der Waals surface area contributed by atoms with Gasteiger partial charge in [0, 0.05) is 51.0 Å². The van der Waals surface area contributed by atoms with E-state index in [0.717, 1.165) is 44.8 Å². The van der Waals surface area contributed by atoms with Crippen LogP contribution in [0.3, 0.4) is 0 Å². The number of nitrogens with zero attached hydrogens (tertiary/aromatic N) is 2. The number of likely N-dealkylation sites (tertiary alicyclic amines) is 1. The third-order valence-electron chi connectivity index (χ3n) is 4.45. The molecule has 0 saturated carbocycles. The van der Waals surface area contributed by atoms with E-state index in [1.54, 1.807) is 12.4 Å². The summed E-state index contributed by atoms with van der Waals surface area (Å²) >= 11 is 0. The van der Waals surface area contributed by atoms with Crippen molar-refractivity contribution in [2.24, 2.45) is 5.92 Å². The maximum absolute atomic E-state index is 12.4. The standard InChI is InChI=1S/C16H23N3O2/c1-2-6-18-8-9-21-15-12-19(7-4-14(15)11-18)16(20)13-3-5-17-10-13/h2-3,5,10,14-15,17H,1,4,6-9,11-12H2/t14-,15-/m1/s1. The molecule has 2 aliphatic rings. The SMILES string of the molecule is C=CCN1CCO[C@@H]2CN(C(=O)c3cc[nH]c3)CC[C@@H]2C1. The highest BCUT2D eigenvalue weighted by atomic mass is 16.5. The summed E-state index contributed by atoms with van der Waals surface area (Å²) in [6.07, 6.45) is 6.67. The van der Waals surface area contributed by atoms with E-state index >= 15 is 0 Å². The quantitative estimate of drug-likeness (QED) is 0.855. The van der Waals surface area contributed by atoms with Crippen molar-refractivity contribution >= 4 is 5.91 Å². The molecule has 5 nitrogen and oxygen atoms in total. The van der Waals surface area contributed by atoms with Crippen LogP contribution in [0.25, 0.3) is 0 Å². The molecule has 0 aromatic carbocycles. The smallest absolute Gasteiger partial charge is 0.255 e. The van der Waals surface area contributed by atoms with Gasteiger partial charge in [0.1, 0.15) is 0 Å². The van der Waals surface area contributed by atoms with Gasteiger partial charge in [0.2, 0.25) is 0 Å². The van der Waals surface area contributed by atoms with Gasteiger partial charge >= 0.3 is 0 Å². The van der Waals surface area contributed by atoms with Crippen molar-refractivity contribution in [3.8, 4) is 0 Å². The number of carbonyl (C=O) groups excluding carboxylic acids is 1. The molecule has 0 aliphatic carbocycles. The van der Waals surface area contributed by atoms with Gasteiger partial charge in [-0.05, 0) is 12.5 Å². The number of carbonyl (C=O) groups is 1. The number of ether oxygens (including phenoxy) is 1. The maximum atomic E-state index is 12.4. The van der Waals surface area contributed by atoms with Gasteiger partial charge in [0.15, 0.2) is 0 Å². The van der Waals surface area contributed by atoms with E-state index in [4.69, 9.17) is 4.74 Å². The molecule has 0 bridgehead atoms. The number of fused-ring (bicyclic) bond motifs is 1. The van der Waals surface area contributed by atoms with Crippen molar-refractivity contribution in [1.82, 2.24) is 14.8 Å². The molecule has 0 radical (unpaired) electrons. The molecule has 3 heterocycles. The Labute approximate surface area is 125 Å². The molecule has 1 N–H and O–H groups in total. The first kappa shape index (κ1) is 14.4. The molecule has 2 atom stereocenters. The Balaban J connectivity index is 1.63. The number of H-pyrrole nitrogens is 1. The fourth-order valence-electron chi connectivity index (χ4n) is 3.29. The van der Waals surface area contributed by atoms with E-state index in [1.165, 1.54) is 0 Å². The predicted octanol–water partition coefficient (Wildman–Crippen LogP) is 1.36. The Morgan fingerprint density at radius 1 is 1.48 bits per heavy atom. The second-order valence-corrected chi connectivity index (χ2v) is 5.86. The number of aromatic amines is 1. The first-order valence-corrected chi connectivity index (χ1v) is 7.65. The van der Waals surface area contributed by atoms with E-state index in [0.29, 0.717) is 12.5 Å². The highest BCUT2D eigenvalue weighted by Gasteiger charge is 2.35. The molecule has 21 heavy (non-hydrogen) atoms. The average molecular weight is 289 g/mol. The lowest BCUT2D eigenvalue weighted by molar-refractivity contribution is -0.0170. The normalized spacial score (nSPS) is 27.0. The second-order valence-electron chi connectivity index (χ2n) is 5.86. The number of piperidine rings is 1. The summed E-state index contributed by atoms with van der Waals surface area (Å²) in [6.45, 7) is 8.98. The zero-order valence-electron chi connectivity index (χ0n) is 12.3. The predicted molar refractivity (Wildman–Crippen MR) is 81.2 cm³/mol. The van der Waals surface area contributed by atoms with Crippen LogP contribution in [0, 0.1) is 5.92 Å². The lowest BCUT2D eigenvalue weighted by Crippen LogP contribution is -2.49. The Hall–Kier alpha value is -1.59. The van der Waals surface area contributed by atoms with Crippen LogP contribution >= 0.6 is 0 Å². The van der Waals surface area contributed by atoms with Crippen LogP contribution in [0.5, 0.6) is 0 Å². The van der Waals surface area contributed by atoms with Gasteiger partial charge < -0.3 is 14.6 Å². The van der Waals surface area contributed by atoms with Gasteiger partial charge in [-0.25, -0.2) is 0 Å². The monoisotopic (exact) mass is 289 g/mol. The van der Waals surface area contributed by atoms with Gasteiger partial charge in [-0.2, -0.15) is 0 Å². The minimum atomic E-state index is 0.102. The third kappa shape index (κ3) is 3.19. The Bertz CT molecular complexity index is 486. The zero-order chi connectivity index (χ0) is 14.7. The van der Waals surface area contributed by atoms with Crippen molar-refractivity contribution in [3.05, 3.63) is 36.7 Å². The summed E-state index contributed by atoms with van der Waals surface area (Å²) < 4.78 is 6.00. The fraction of sp³-hybridized carbons (Fsp3) is 0.562. The molecular weight excluding hydrogens is 266 g/mol. The van der Waals surface area contributed by atoms with Crippen LogP contribution in [-0.4, -0.2) is 66.1 Å². The molecule has 1 aromatic heterocycles. The highest BCUT2D eigenvalue weighted by Crippen LogP contribution is 2.25. The molecular formula is C16H23N3O2. The van der Waals surface area contributed by atoms with Gasteiger partial charge in [-0.3, -0.25) is 9.69 Å². The third-order valence-corrected chi connectivity index (χ3v) is 4.45. The van der Waals surface area contributed by atoms with Crippen LogP contribution in [0.1, 0.15) is 16.8 Å². The summed E-state index contributed by atoms with van der Waals surface area (Å²) in [4.78, 5) is 19.7. The van der Waals surface area contributed by atoms with Gasteiger partial charge in [-0.1, -0.05) is 6.08 Å². The summed E-state index contributed by atoms with van der Waals surface area (Å²) in [5.74, 6) is 0.619. The van der Waals surface area contributed by atoms with Gasteiger partial charge in [-0.15, -0.1) is 6.58 Å². The second kappa shape index (κ2) is 6.45. The topological polar surface area (TPSA) is 48.6 Å². The van der Waals surface area contributed by atoms with Crippen LogP contribution in [0.15, 0.2) is 31.1 Å². The van der Waals surface area contributed by atoms with Crippen molar-refractivity contribution in [1.29, 1.82) is 0 Å². The van der Waals surface area contributed by atoms with Crippen molar-refractivity contribution in [3.63, 3.8) is 0 Å². The maximum Gasteiger partial charge on any atom is 0.255 e. The molecule has 2 aliphatic heterocycles. The van der Waals surface area contributed by atoms with Crippen molar-refractivity contribution in [2.45, 2.75) is 12.5 Å². The first-order valence-electron chi connectivity index (χ1n) is 7.65. The molecule has 0 unspecified atom stereocenters. The van der Waals surface area contributed by atoms with Crippen molar-refractivity contribution < 1.29 is 9.53 Å². The lowest BCUT2D eigenvalue weighted by Gasteiger charge is -2.37. The molecule has 1 aromatic rings. The largest absolute Gasteiger partial charge is 0.375 e. The number of hydrogen-bond acceptors (Lipinski definition) is 3. The number of amides is 1. The van der Waals surface area contributed by atoms with Gasteiger partial charge in [0.05, 0.1) is 18.3 Å². The van der Waals surface area contributed by atoms with Crippen LogP contribution < -0.4 is 0 Å². The van der Waals surface area contributed by atoms with E-state index < -0.39 is 0 Å². The Kier molecular flexibility index (Phi) is 4.41. The summed E-state index contributed by atoms with van der Waals surface area (Å²) in [7, 11) is 0. The lowest BCUT2D eigenvalue weighted by atomic mass is 9.93. The fourth-order valence-corrected chi connectivity index (χ4v) is 3.29. The van der Waals surface area contributed by atoms with Crippen LogP contribution in [0.2, 0.25) is 0 Å². The van der Waals surface area contributed by atoms with Crippen molar-refractivity contribution in [2.75, 3.05) is 39.3 Å². The summed E-state index contributed by atoms with van der Waals surface area (Å²) in [6, 6.07) is 1.83. The number of aromatic nitrogens is 1. The van der Waals surface area contributed by atoms with E-state index in [9.17, 15) is 4.79 Å². The molecule has 5 heteroatoms. The van der Waals surface area contributed by atoms with E-state index in [2.05, 4.69) is 16.5 Å². The zero-order valence-corrected chi connectivity index (χ0v) is 12.3. The molecule has 2 fully saturated rings. The first-order chi connectivity index (χ1) is 10.3. The molecule has 114 valence electrons. The molecule has 1 amide bonds. The average Bonchev–Trinajstić information content (AvgIpc) is 2.95. The highest BCUT2D eigenvalue weighted by molar-refractivity contribution is 5.94. The molecule has 2 saturated heterocycles.